The highest BCUT2D eigenvalue weighted by molar-refractivity contribution is 5.25. The molecule has 1 aliphatic rings. The van der Waals surface area contributed by atoms with E-state index in [0.29, 0.717) is 5.92 Å². The van der Waals surface area contributed by atoms with E-state index in [2.05, 4.69) is 39.9 Å². The van der Waals surface area contributed by atoms with Gasteiger partial charge in [0.25, 0.3) is 0 Å². The Labute approximate surface area is 123 Å². The molecule has 0 saturated heterocycles. The highest BCUT2D eigenvalue weighted by Crippen LogP contribution is 2.31. The molecule has 3 nitrogen and oxygen atoms in total. The lowest BCUT2D eigenvalue weighted by Gasteiger charge is -2.24. The predicted octanol–water partition coefficient (Wildman–Crippen LogP) is 4.03. The number of hydrogen-bond acceptors (Lipinski definition) is 3. The molecule has 2 rings (SSSR count). The molecule has 1 N–H and O–H groups in total. The predicted molar refractivity (Wildman–Crippen MR) is 83.9 cm³/mol. The van der Waals surface area contributed by atoms with Crippen molar-refractivity contribution in [2.24, 2.45) is 0 Å². The minimum atomic E-state index is 0.126. The van der Waals surface area contributed by atoms with Crippen LogP contribution in [0.5, 0.6) is 0 Å². The lowest BCUT2D eigenvalue weighted by molar-refractivity contribution is 0.417. The van der Waals surface area contributed by atoms with Gasteiger partial charge in [-0.05, 0) is 47.5 Å². The van der Waals surface area contributed by atoms with Crippen LogP contribution in [0.3, 0.4) is 0 Å². The van der Waals surface area contributed by atoms with Crippen LogP contribution in [0.1, 0.15) is 81.6 Å². The summed E-state index contributed by atoms with van der Waals surface area (Å²) in [6.07, 6.45) is 6.57. The van der Waals surface area contributed by atoms with Crippen molar-refractivity contribution < 1.29 is 0 Å². The van der Waals surface area contributed by atoms with Crippen molar-refractivity contribution in [1.29, 1.82) is 0 Å². The monoisotopic (exact) mass is 275 g/mol. The van der Waals surface area contributed by atoms with Gasteiger partial charge in [-0.2, -0.15) is 0 Å². The van der Waals surface area contributed by atoms with Gasteiger partial charge in [0.1, 0.15) is 5.82 Å². The third kappa shape index (κ3) is 4.02. The smallest absolute Gasteiger partial charge is 0.131 e. The van der Waals surface area contributed by atoms with Crippen LogP contribution in [0, 0.1) is 13.8 Å². The first-order valence-electron chi connectivity index (χ1n) is 7.96. The maximum Gasteiger partial charge on any atom is 0.131 e. The van der Waals surface area contributed by atoms with Crippen LogP contribution in [0.15, 0.2) is 0 Å². The molecule has 0 atom stereocenters. The molecule has 0 bridgehead atoms. The largest absolute Gasteiger partial charge is 0.308 e. The van der Waals surface area contributed by atoms with Crippen molar-refractivity contribution in [3.05, 3.63) is 22.8 Å². The Morgan fingerprint density at radius 2 is 1.55 bits per heavy atom. The second-order valence-electron chi connectivity index (χ2n) is 7.17. The molecule has 1 aromatic heterocycles. The Balaban J connectivity index is 2.15. The van der Waals surface area contributed by atoms with E-state index in [4.69, 9.17) is 9.97 Å². The van der Waals surface area contributed by atoms with E-state index in [1.165, 1.54) is 37.7 Å². The number of rotatable bonds is 3. The molecule has 0 amide bonds. The molecular weight excluding hydrogens is 246 g/mol. The van der Waals surface area contributed by atoms with Gasteiger partial charge in [-0.15, -0.1) is 0 Å². The summed E-state index contributed by atoms with van der Waals surface area (Å²) in [5.41, 5.74) is 3.69. The number of hydrogen-bond donors (Lipinski definition) is 1. The summed E-state index contributed by atoms with van der Waals surface area (Å²) >= 11 is 0. The lowest BCUT2D eigenvalue weighted by Crippen LogP contribution is -2.35. The molecule has 20 heavy (non-hydrogen) atoms. The van der Waals surface area contributed by atoms with Crippen LogP contribution in [0.4, 0.5) is 0 Å². The molecule has 3 heteroatoms. The summed E-state index contributed by atoms with van der Waals surface area (Å²) in [5.74, 6) is 1.67. The average molecular weight is 275 g/mol. The molecule has 1 heterocycles. The van der Waals surface area contributed by atoms with Gasteiger partial charge in [0.2, 0.25) is 0 Å². The summed E-state index contributed by atoms with van der Waals surface area (Å²) in [7, 11) is 0. The van der Waals surface area contributed by atoms with Gasteiger partial charge < -0.3 is 5.32 Å². The summed E-state index contributed by atoms with van der Waals surface area (Å²) < 4.78 is 0. The van der Waals surface area contributed by atoms with E-state index < -0.39 is 0 Å². The standard InChI is InChI=1S/C17H29N3/c1-12-15(11-18-17(3,4)5)13(2)20-16(19-12)14-9-7-6-8-10-14/h14,18H,6-11H2,1-5H3. The van der Waals surface area contributed by atoms with Gasteiger partial charge >= 0.3 is 0 Å². The summed E-state index contributed by atoms with van der Waals surface area (Å²) in [4.78, 5) is 9.61. The number of nitrogens with one attached hydrogen (secondary N) is 1. The third-order valence-electron chi connectivity index (χ3n) is 4.20. The average Bonchev–Trinajstić information content (AvgIpc) is 2.37. The van der Waals surface area contributed by atoms with Crippen molar-refractivity contribution in [3.63, 3.8) is 0 Å². The first-order chi connectivity index (χ1) is 9.37. The fraction of sp³-hybridized carbons (Fsp3) is 0.765. The summed E-state index contributed by atoms with van der Waals surface area (Å²) in [5, 5.41) is 3.54. The molecule has 1 aromatic rings. The Bertz CT molecular complexity index is 431. The van der Waals surface area contributed by atoms with Crippen LogP contribution < -0.4 is 5.32 Å². The van der Waals surface area contributed by atoms with E-state index in [9.17, 15) is 0 Å². The zero-order valence-corrected chi connectivity index (χ0v) is 13.7. The molecule has 0 aliphatic heterocycles. The lowest BCUT2D eigenvalue weighted by atomic mass is 9.88. The van der Waals surface area contributed by atoms with Crippen molar-refractivity contribution >= 4 is 0 Å². The van der Waals surface area contributed by atoms with Crippen LogP contribution in [0.25, 0.3) is 0 Å². The molecule has 0 unspecified atom stereocenters. The maximum absolute atomic E-state index is 4.81. The second kappa shape index (κ2) is 6.21. The molecule has 0 spiro atoms. The molecule has 112 valence electrons. The molecule has 1 aliphatic carbocycles. The van der Waals surface area contributed by atoms with Gasteiger partial charge in [0.05, 0.1) is 0 Å². The second-order valence-corrected chi connectivity index (χ2v) is 7.17. The fourth-order valence-electron chi connectivity index (χ4n) is 2.92. The quantitative estimate of drug-likeness (QED) is 0.905. The van der Waals surface area contributed by atoms with Crippen LogP contribution in [-0.2, 0) is 6.54 Å². The van der Waals surface area contributed by atoms with Gasteiger partial charge in [-0.25, -0.2) is 9.97 Å². The topological polar surface area (TPSA) is 37.8 Å². The van der Waals surface area contributed by atoms with Crippen molar-refractivity contribution in [2.75, 3.05) is 0 Å². The van der Waals surface area contributed by atoms with Gasteiger partial charge in [-0.1, -0.05) is 19.3 Å². The highest BCUT2D eigenvalue weighted by atomic mass is 15.0. The van der Waals surface area contributed by atoms with Gasteiger partial charge in [0, 0.05) is 35.0 Å². The van der Waals surface area contributed by atoms with Crippen molar-refractivity contribution in [1.82, 2.24) is 15.3 Å². The molecular formula is C17H29N3. The zero-order valence-electron chi connectivity index (χ0n) is 13.7. The fourth-order valence-corrected chi connectivity index (χ4v) is 2.92. The number of nitrogens with zero attached hydrogens (tertiary/aromatic N) is 2. The van der Waals surface area contributed by atoms with Crippen LogP contribution >= 0.6 is 0 Å². The SMILES string of the molecule is Cc1nc(C2CCCCC2)nc(C)c1CNC(C)(C)C. The minimum Gasteiger partial charge on any atom is -0.308 e. The Hall–Kier alpha value is -0.960. The molecule has 1 fully saturated rings. The normalized spacial score (nSPS) is 17.4. The van der Waals surface area contributed by atoms with Crippen molar-refractivity contribution in [2.45, 2.75) is 84.7 Å². The molecule has 0 aromatic carbocycles. The van der Waals surface area contributed by atoms with E-state index >= 15 is 0 Å². The molecule has 1 saturated carbocycles. The number of aryl methyl sites for hydroxylation is 2. The van der Waals surface area contributed by atoms with Crippen LogP contribution in [-0.4, -0.2) is 15.5 Å². The minimum absolute atomic E-state index is 0.126. The van der Waals surface area contributed by atoms with Crippen molar-refractivity contribution in [3.8, 4) is 0 Å². The van der Waals surface area contributed by atoms with Gasteiger partial charge in [0.15, 0.2) is 0 Å². The summed E-state index contributed by atoms with van der Waals surface area (Å²) in [6.45, 7) is 11.7. The first kappa shape index (κ1) is 15.4. The Morgan fingerprint density at radius 3 is 2.05 bits per heavy atom. The van der Waals surface area contributed by atoms with E-state index in [0.717, 1.165) is 23.8 Å². The molecule has 0 radical (unpaired) electrons. The third-order valence-corrected chi connectivity index (χ3v) is 4.20. The van der Waals surface area contributed by atoms with E-state index in [-0.39, 0.29) is 5.54 Å². The highest BCUT2D eigenvalue weighted by Gasteiger charge is 2.20. The number of aromatic nitrogens is 2. The first-order valence-corrected chi connectivity index (χ1v) is 7.96. The maximum atomic E-state index is 4.81. The Kier molecular flexibility index (Phi) is 4.79. The van der Waals surface area contributed by atoms with Crippen LogP contribution in [0.2, 0.25) is 0 Å². The van der Waals surface area contributed by atoms with E-state index in [1.54, 1.807) is 0 Å². The van der Waals surface area contributed by atoms with Gasteiger partial charge in [-0.3, -0.25) is 0 Å². The van der Waals surface area contributed by atoms with E-state index in [1.807, 2.05) is 0 Å². The zero-order chi connectivity index (χ0) is 14.8. The Morgan fingerprint density at radius 1 is 1.00 bits per heavy atom. The summed E-state index contributed by atoms with van der Waals surface area (Å²) in [6, 6.07) is 0.